The third kappa shape index (κ3) is 3.27. The summed E-state index contributed by atoms with van der Waals surface area (Å²) >= 11 is 0. The van der Waals surface area contributed by atoms with E-state index in [1.807, 2.05) is 24.7 Å². The molecule has 25 heavy (non-hydrogen) atoms. The molecule has 134 valence electrons. The normalized spacial score (nSPS) is 20.4. The highest BCUT2D eigenvalue weighted by atomic mass is 15.3. The van der Waals surface area contributed by atoms with Gasteiger partial charge >= 0.3 is 0 Å². The van der Waals surface area contributed by atoms with E-state index in [1.165, 1.54) is 38.1 Å². The van der Waals surface area contributed by atoms with Crippen LogP contribution in [0.4, 0.5) is 5.95 Å². The Morgan fingerprint density at radius 1 is 1.00 bits per heavy atom. The Morgan fingerprint density at radius 3 is 2.56 bits per heavy atom. The Hall–Kier alpha value is -1.95. The van der Waals surface area contributed by atoms with E-state index in [9.17, 15) is 0 Å². The first-order valence-corrected chi connectivity index (χ1v) is 9.58. The van der Waals surface area contributed by atoms with Gasteiger partial charge in [-0.15, -0.1) is 0 Å². The lowest BCUT2D eigenvalue weighted by atomic mass is 9.85. The Bertz CT molecular complexity index is 674. The number of nitrogens with zero attached hydrogens (tertiary/aromatic N) is 6. The first kappa shape index (κ1) is 16.5. The molecule has 0 aromatic carbocycles. The van der Waals surface area contributed by atoms with Crippen LogP contribution in [-0.2, 0) is 13.1 Å². The van der Waals surface area contributed by atoms with Gasteiger partial charge in [0.2, 0.25) is 5.95 Å². The van der Waals surface area contributed by atoms with Gasteiger partial charge in [0.1, 0.15) is 5.82 Å². The quantitative estimate of drug-likeness (QED) is 0.838. The second-order valence-electron chi connectivity index (χ2n) is 7.32. The lowest BCUT2D eigenvalue weighted by Gasteiger charge is -2.45. The summed E-state index contributed by atoms with van der Waals surface area (Å²) in [4.78, 5) is 18.5. The zero-order chi connectivity index (χ0) is 17.1. The van der Waals surface area contributed by atoms with Gasteiger partial charge in [-0.25, -0.2) is 15.0 Å². The van der Waals surface area contributed by atoms with Crippen LogP contribution in [0.2, 0.25) is 0 Å². The van der Waals surface area contributed by atoms with Crippen molar-refractivity contribution in [3.8, 4) is 0 Å². The number of aromatic nitrogens is 4. The van der Waals surface area contributed by atoms with E-state index >= 15 is 0 Å². The maximum atomic E-state index is 4.63. The molecule has 2 aliphatic heterocycles. The molecule has 0 aliphatic carbocycles. The monoisotopic (exact) mass is 340 g/mol. The zero-order valence-electron chi connectivity index (χ0n) is 15.1. The van der Waals surface area contributed by atoms with E-state index in [2.05, 4.69) is 42.4 Å². The highest BCUT2D eigenvalue weighted by molar-refractivity contribution is 5.30. The molecule has 0 saturated carbocycles. The number of piperidine rings is 1. The van der Waals surface area contributed by atoms with Crippen molar-refractivity contribution in [2.45, 2.75) is 57.7 Å². The molecule has 2 fully saturated rings. The van der Waals surface area contributed by atoms with E-state index in [0.717, 1.165) is 38.5 Å². The summed E-state index contributed by atoms with van der Waals surface area (Å²) < 4.78 is 2.32. The largest absolute Gasteiger partial charge is 0.341 e. The van der Waals surface area contributed by atoms with Crippen LogP contribution in [0, 0.1) is 0 Å². The summed E-state index contributed by atoms with van der Waals surface area (Å²) in [6, 6.07) is 1.88. The van der Waals surface area contributed by atoms with Gasteiger partial charge in [-0.3, -0.25) is 4.90 Å². The lowest BCUT2D eigenvalue weighted by molar-refractivity contribution is 0.0954. The van der Waals surface area contributed by atoms with E-state index < -0.39 is 0 Å². The van der Waals surface area contributed by atoms with Gasteiger partial charge < -0.3 is 9.47 Å². The summed E-state index contributed by atoms with van der Waals surface area (Å²) in [6.07, 6.45) is 13.9. The fraction of sp³-hybridized carbons (Fsp3) is 0.632. The minimum absolute atomic E-state index is 0.342. The Kier molecular flexibility index (Phi) is 4.70. The first-order valence-electron chi connectivity index (χ1n) is 9.58. The predicted octanol–water partition coefficient (Wildman–Crippen LogP) is 2.72. The van der Waals surface area contributed by atoms with Gasteiger partial charge in [0, 0.05) is 50.0 Å². The van der Waals surface area contributed by atoms with Crippen LogP contribution in [0.15, 0.2) is 30.9 Å². The van der Waals surface area contributed by atoms with E-state index in [-0.39, 0.29) is 0 Å². The Labute approximate surface area is 149 Å². The molecule has 6 nitrogen and oxygen atoms in total. The van der Waals surface area contributed by atoms with Gasteiger partial charge in [0.25, 0.3) is 0 Å². The predicted molar refractivity (Wildman–Crippen MR) is 98.4 cm³/mol. The molecule has 0 unspecified atom stereocenters. The zero-order valence-corrected chi connectivity index (χ0v) is 15.1. The fourth-order valence-corrected chi connectivity index (χ4v) is 4.49. The third-order valence-electron chi connectivity index (χ3n) is 5.87. The second-order valence-corrected chi connectivity index (χ2v) is 7.32. The number of hydrogen-bond donors (Lipinski definition) is 0. The maximum Gasteiger partial charge on any atom is 0.225 e. The fourth-order valence-electron chi connectivity index (χ4n) is 4.49. The summed E-state index contributed by atoms with van der Waals surface area (Å²) in [5.41, 5.74) is 0.342. The molecular weight excluding hydrogens is 312 g/mol. The van der Waals surface area contributed by atoms with Gasteiger partial charge in [-0.2, -0.15) is 0 Å². The van der Waals surface area contributed by atoms with E-state index in [4.69, 9.17) is 0 Å². The van der Waals surface area contributed by atoms with Gasteiger partial charge in [0.05, 0.1) is 6.54 Å². The number of anilines is 1. The molecule has 2 saturated heterocycles. The molecule has 4 rings (SSSR count). The number of likely N-dealkylation sites (tertiary alicyclic amines) is 1. The average molecular weight is 340 g/mol. The van der Waals surface area contributed by atoms with Crippen LogP contribution < -0.4 is 4.90 Å². The smallest absolute Gasteiger partial charge is 0.225 e. The molecule has 0 amide bonds. The highest BCUT2D eigenvalue weighted by Crippen LogP contribution is 2.39. The van der Waals surface area contributed by atoms with Gasteiger partial charge in [-0.1, -0.05) is 6.92 Å². The number of hydrogen-bond acceptors (Lipinski definition) is 5. The van der Waals surface area contributed by atoms with Crippen molar-refractivity contribution in [1.82, 2.24) is 24.4 Å². The molecule has 0 bridgehead atoms. The topological polar surface area (TPSA) is 50.1 Å². The Morgan fingerprint density at radius 2 is 1.80 bits per heavy atom. The van der Waals surface area contributed by atoms with Crippen molar-refractivity contribution in [1.29, 1.82) is 0 Å². The van der Waals surface area contributed by atoms with Crippen molar-refractivity contribution in [3.05, 3.63) is 36.7 Å². The molecule has 0 N–H and O–H groups in total. The number of imidazole rings is 1. The summed E-state index contributed by atoms with van der Waals surface area (Å²) in [6.45, 7) is 7.56. The van der Waals surface area contributed by atoms with Crippen LogP contribution in [-0.4, -0.2) is 49.6 Å². The number of aryl methyl sites for hydroxylation is 1. The molecule has 6 heteroatoms. The summed E-state index contributed by atoms with van der Waals surface area (Å²) in [7, 11) is 0. The summed E-state index contributed by atoms with van der Waals surface area (Å²) in [5, 5.41) is 0. The van der Waals surface area contributed by atoms with E-state index in [1.54, 1.807) is 0 Å². The minimum atomic E-state index is 0.342. The first-order chi connectivity index (χ1) is 12.3. The molecule has 1 spiro atoms. The van der Waals surface area contributed by atoms with E-state index in [0.29, 0.717) is 5.54 Å². The Balaban J connectivity index is 1.44. The molecule has 0 radical (unpaired) electrons. The third-order valence-corrected chi connectivity index (χ3v) is 5.87. The average Bonchev–Trinajstić information content (AvgIpc) is 3.25. The van der Waals surface area contributed by atoms with Crippen LogP contribution >= 0.6 is 0 Å². The maximum absolute atomic E-state index is 4.63. The van der Waals surface area contributed by atoms with Crippen molar-refractivity contribution >= 4 is 5.95 Å². The van der Waals surface area contributed by atoms with Crippen LogP contribution in [0.1, 0.15) is 44.9 Å². The molecular formula is C19H28N6. The molecule has 4 heterocycles. The second kappa shape index (κ2) is 7.12. The van der Waals surface area contributed by atoms with Crippen molar-refractivity contribution < 1.29 is 0 Å². The molecule has 2 aromatic rings. The van der Waals surface area contributed by atoms with Gasteiger partial charge in [-0.05, 0) is 44.7 Å². The number of rotatable bonds is 5. The van der Waals surface area contributed by atoms with Crippen LogP contribution in [0.5, 0.6) is 0 Å². The molecule has 0 atom stereocenters. The summed E-state index contributed by atoms with van der Waals surface area (Å²) in [5.74, 6) is 2.09. The lowest BCUT2D eigenvalue weighted by Crippen LogP contribution is -2.52. The van der Waals surface area contributed by atoms with Gasteiger partial charge in [0.15, 0.2) is 0 Å². The molecule has 2 aliphatic rings. The van der Waals surface area contributed by atoms with Crippen molar-refractivity contribution in [2.24, 2.45) is 0 Å². The van der Waals surface area contributed by atoms with Crippen molar-refractivity contribution in [3.63, 3.8) is 0 Å². The minimum Gasteiger partial charge on any atom is -0.341 e. The standard InChI is InChI=1S/C19H28N6/c1-2-11-23-15-10-20-17(23)16-25-12-3-5-19(25)6-13-24(14-7-19)18-21-8-4-9-22-18/h4,8-10,15H,2-3,5-7,11-14,16H2,1H3. The molecule has 2 aromatic heterocycles. The van der Waals surface area contributed by atoms with Crippen LogP contribution in [0.3, 0.4) is 0 Å². The van der Waals surface area contributed by atoms with Crippen molar-refractivity contribution in [2.75, 3.05) is 24.5 Å². The SMILES string of the molecule is CCCn1ccnc1CN1CCCC12CCN(c1ncccn1)CC2. The van der Waals surface area contributed by atoms with Crippen LogP contribution in [0.25, 0.3) is 0 Å². The highest BCUT2D eigenvalue weighted by Gasteiger charge is 2.43.